The molecule has 0 spiro atoms. The molecule has 0 radical (unpaired) electrons. The van der Waals surface area contributed by atoms with Crippen LogP contribution in [0.2, 0.25) is 0 Å². The normalized spacial score (nSPS) is 10.3. The summed E-state index contributed by atoms with van der Waals surface area (Å²) in [7, 11) is 0. The molecule has 0 amide bonds. The summed E-state index contributed by atoms with van der Waals surface area (Å²) in [5, 5.41) is 11.9. The van der Waals surface area contributed by atoms with Gasteiger partial charge in [-0.25, -0.2) is 0 Å². The first-order chi connectivity index (χ1) is 7.27. The molecule has 4 heteroatoms. The minimum absolute atomic E-state index is 0.0384. The fraction of sp³-hybridized carbons (Fsp3) is 0.455. The van der Waals surface area contributed by atoms with Gasteiger partial charge < -0.3 is 15.2 Å². The molecule has 3 nitrogen and oxygen atoms in total. The summed E-state index contributed by atoms with van der Waals surface area (Å²) in [6.45, 7) is 4.13. The monoisotopic (exact) mass is 273 g/mol. The van der Waals surface area contributed by atoms with Gasteiger partial charge in [0, 0.05) is 16.6 Å². The minimum atomic E-state index is 0.0384. The van der Waals surface area contributed by atoms with Crippen molar-refractivity contribution in [1.29, 1.82) is 0 Å². The van der Waals surface area contributed by atoms with E-state index in [2.05, 4.69) is 28.2 Å². The summed E-state index contributed by atoms with van der Waals surface area (Å²) in [6, 6.07) is 5.87. The van der Waals surface area contributed by atoms with Gasteiger partial charge in [-0.1, -0.05) is 22.9 Å². The fourth-order valence-corrected chi connectivity index (χ4v) is 1.65. The first-order valence-electron chi connectivity index (χ1n) is 5.00. The van der Waals surface area contributed by atoms with Crippen LogP contribution in [-0.2, 0) is 6.54 Å². The maximum Gasteiger partial charge on any atom is 0.123 e. The SMILES string of the molecule is CCNCc1cc(Br)ccc1OCCO. The smallest absolute Gasteiger partial charge is 0.123 e. The second-order valence-corrected chi connectivity index (χ2v) is 4.02. The highest BCUT2D eigenvalue weighted by atomic mass is 79.9. The lowest BCUT2D eigenvalue weighted by molar-refractivity contribution is 0.200. The largest absolute Gasteiger partial charge is 0.491 e. The van der Waals surface area contributed by atoms with Crippen LogP contribution in [0.3, 0.4) is 0 Å². The minimum Gasteiger partial charge on any atom is -0.491 e. The molecular formula is C11H16BrNO2. The summed E-state index contributed by atoms with van der Waals surface area (Å²) in [4.78, 5) is 0. The number of rotatable bonds is 6. The first-order valence-corrected chi connectivity index (χ1v) is 5.80. The van der Waals surface area contributed by atoms with Crippen LogP contribution in [-0.4, -0.2) is 24.9 Å². The zero-order chi connectivity index (χ0) is 11.1. The van der Waals surface area contributed by atoms with E-state index >= 15 is 0 Å². The van der Waals surface area contributed by atoms with Gasteiger partial charge in [-0.05, 0) is 24.7 Å². The van der Waals surface area contributed by atoms with E-state index in [1.807, 2.05) is 18.2 Å². The van der Waals surface area contributed by atoms with Gasteiger partial charge in [-0.2, -0.15) is 0 Å². The van der Waals surface area contributed by atoms with Crippen LogP contribution in [0.5, 0.6) is 5.75 Å². The van der Waals surface area contributed by atoms with Gasteiger partial charge in [0.1, 0.15) is 12.4 Å². The van der Waals surface area contributed by atoms with Gasteiger partial charge in [0.05, 0.1) is 6.61 Å². The maximum absolute atomic E-state index is 8.70. The van der Waals surface area contributed by atoms with E-state index in [1.54, 1.807) is 0 Å². The zero-order valence-electron chi connectivity index (χ0n) is 8.79. The molecule has 0 aliphatic carbocycles. The van der Waals surface area contributed by atoms with Crippen molar-refractivity contribution in [2.45, 2.75) is 13.5 Å². The molecule has 0 fully saturated rings. The molecule has 0 bridgehead atoms. The Kier molecular flexibility index (Phi) is 5.68. The third-order valence-electron chi connectivity index (χ3n) is 1.94. The standard InChI is InChI=1S/C11H16BrNO2/c1-2-13-8-9-7-10(12)3-4-11(9)15-6-5-14/h3-4,7,13-14H,2,5-6,8H2,1H3. The Labute approximate surface area is 98.6 Å². The lowest BCUT2D eigenvalue weighted by atomic mass is 10.2. The Morgan fingerprint density at radius 2 is 2.27 bits per heavy atom. The van der Waals surface area contributed by atoms with Crippen molar-refractivity contribution in [2.75, 3.05) is 19.8 Å². The van der Waals surface area contributed by atoms with E-state index in [1.165, 1.54) is 0 Å². The quantitative estimate of drug-likeness (QED) is 0.833. The molecule has 0 aromatic heterocycles. The molecule has 2 N–H and O–H groups in total. The van der Waals surface area contributed by atoms with Crippen LogP contribution in [0.15, 0.2) is 22.7 Å². The average Bonchev–Trinajstić information content (AvgIpc) is 2.25. The third-order valence-corrected chi connectivity index (χ3v) is 2.43. The molecule has 84 valence electrons. The average molecular weight is 274 g/mol. The van der Waals surface area contributed by atoms with Crippen molar-refractivity contribution in [1.82, 2.24) is 5.32 Å². The Morgan fingerprint density at radius 1 is 1.47 bits per heavy atom. The van der Waals surface area contributed by atoms with Crippen molar-refractivity contribution in [3.8, 4) is 5.75 Å². The van der Waals surface area contributed by atoms with Crippen molar-refractivity contribution >= 4 is 15.9 Å². The van der Waals surface area contributed by atoms with Gasteiger partial charge in [0.2, 0.25) is 0 Å². The summed E-state index contributed by atoms with van der Waals surface area (Å²) in [5.41, 5.74) is 1.10. The highest BCUT2D eigenvalue weighted by Crippen LogP contribution is 2.23. The lowest BCUT2D eigenvalue weighted by Crippen LogP contribution is -2.13. The predicted molar refractivity (Wildman–Crippen MR) is 64.1 cm³/mol. The third kappa shape index (κ3) is 4.20. The van der Waals surface area contributed by atoms with Crippen LogP contribution in [0, 0.1) is 0 Å². The van der Waals surface area contributed by atoms with E-state index < -0.39 is 0 Å². The van der Waals surface area contributed by atoms with Crippen LogP contribution < -0.4 is 10.1 Å². The summed E-state index contributed by atoms with van der Waals surface area (Å²) < 4.78 is 6.46. The fourth-order valence-electron chi connectivity index (χ4n) is 1.24. The van der Waals surface area contributed by atoms with Crippen LogP contribution in [0.25, 0.3) is 0 Å². The van der Waals surface area contributed by atoms with Gasteiger partial charge in [0.15, 0.2) is 0 Å². The molecule has 0 atom stereocenters. The first kappa shape index (κ1) is 12.5. The summed E-state index contributed by atoms with van der Waals surface area (Å²) in [6.07, 6.45) is 0. The molecule has 1 rings (SSSR count). The van der Waals surface area contributed by atoms with E-state index in [-0.39, 0.29) is 6.61 Å². The molecule has 1 aromatic carbocycles. The number of aliphatic hydroxyl groups is 1. The second-order valence-electron chi connectivity index (χ2n) is 3.10. The van der Waals surface area contributed by atoms with E-state index in [9.17, 15) is 0 Å². The van der Waals surface area contributed by atoms with E-state index in [0.29, 0.717) is 6.61 Å². The number of halogens is 1. The van der Waals surface area contributed by atoms with Crippen molar-refractivity contribution in [2.24, 2.45) is 0 Å². The number of ether oxygens (including phenoxy) is 1. The molecule has 0 heterocycles. The number of hydrogen-bond donors (Lipinski definition) is 2. The van der Waals surface area contributed by atoms with Crippen molar-refractivity contribution < 1.29 is 9.84 Å². The van der Waals surface area contributed by atoms with Crippen LogP contribution >= 0.6 is 15.9 Å². The van der Waals surface area contributed by atoms with Gasteiger partial charge in [-0.15, -0.1) is 0 Å². The predicted octanol–water partition coefficient (Wildman–Crippen LogP) is 1.93. The second kappa shape index (κ2) is 6.82. The maximum atomic E-state index is 8.70. The molecular weight excluding hydrogens is 258 g/mol. The molecule has 1 aromatic rings. The van der Waals surface area contributed by atoms with Gasteiger partial charge in [0.25, 0.3) is 0 Å². The topological polar surface area (TPSA) is 41.5 Å². The number of aliphatic hydroxyl groups excluding tert-OH is 1. The highest BCUT2D eigenvalue weighted by molar-refractivity contribution is 9.10. The highest BCUT2D eigenvalue weighted by Gasteiger charge is 2.03. The molecule has 0 aliphatic heterocycles. The van der Waals surface area contributed by atoms with E-state index in [0.717, 1.165) is 28.9 Å². The van der Waals surface area contributed by atoms with Crippen molar-refractivity contribution in [3.63, 3.8) is 0 Å². The molecule has 15 heavy (non-hydrogen) atoms. The molecule has 0 aliphatic rings. The van der Waals surface area contributed by atoms with Crippen LogP contribution in [0.1, 0.15) is 12.5 Å². The number of hydrogen-bond acceptors (Lipinski definition) is 3. The number of benzene rings is 1. The molecule has 0 saturated carbocycles. The summed E-state index contributed by atoms with van der Waals surface area (Å²) >= 11 is 3.42. The van der Waals surface area contributed by atoms with Gasteiger partial charge in [-0.3, -0.25) is 0 Å². The zero-order valence-corrected chi connectivity index (χ0v) is 10.4. The van der Waals surface area contributed by atoms with E-state index in [4.69, 9.17) is 9.84 Å². The van der Waals surface area contributed by atoms with Crippen LogP contribution in [0.4, 0.5) is 0 Å². The lowest BCUT2D eigenvalue weighted by Gasteiger charge is -2.11. The molecule has 0 unspecified atom stereocenters. The Bertz CT molecular complexity index is 305. The molecule has 0 saturated heterocycles. The Balaban J connectivity index is 2.73. The number of nitrogens with one attached hydrogen (secondary N) is 1. The van der Waals surface area contributed by atoms with Gasteiger partial charge >= 0.3 is 0 Å². The Morgan fingerprint density at radius 3 is 2.93 bits per heavy atom. The van der Waals surface area contributed by atoms with Crippen molar-refractivity contribution in [3.05, 3.63) is 28.2 Å². The Hall–Kier alpha value is -0.580. The summed E-state index contributed by atoms with van der Waals surface area (Å²) in [5.74, 6) is 0.827.